The van der Waals surface area contributed by atoms with E-state index in [9.17, 15) is 5.11 Å². The number of rotatable bonds is 8. The molecule has 4 rings (SSSR count). The highest BCUT2D eigenvalue weighted by Crippen LogP contribution is 2.34. The van der Waals surface area contributed by atoms with Crippen LogP contribution in [0.25, 0.3) is 0 Å². The van der Waals surface area contributed by atoms with Crippen molar-refractivity contribution in [2.45, 2.75) is 37.3 Å². The van der Waals surface area contributed by atoms with Gasteiger partial charge in [0.1, 0.15) is 0 Å². The third-order valence-corrected chi connectivity index (χ3v) is 6.28. The minimum atomic E-state index is -0.419. The number of ether oxygens (including phenoxy) is 2. The minimum absolute atomic E-state index is 0. The van der Waals surface area contributed by atoms with Crippen molar-refractivity contribution in [3.8, 4) is 11.5 Å². The van der Waals surface area contributed by atoms with Crippen LogP contribution in [0.1, 0.15) is 34.6 Å². The molecule has 2 N–H and O–H groups in total. The molecule has 3 aromatic carbocycles. The van der Waals surface area contributed by atoms with Crippen molar-refractivity contribution in [2.75, 3.05) is 20.8 Å². The summed E-state index contributed by atoms with van der Waals surface area (Å²) < 4.78 is 10.9. The van der Waals surface area contributed by atoms with Gasteiger partial charge in [0, 0.05) is 18.4 Å². The van der Waals surface area contributed by atoms with Crippen molar-refractivity contribution in [1.29, 1.82) is 0 Å². The normalized spacial score (nSPS) is 17.4. The van der Waals surface area contributed by atoms with Gasteiger partial charge in [-0.05, 0) is 53.8 Å². The number of aliphatic hydroxyl groups excluding tert-OH is 1. The summed E-state index contributed by atoms with van der Waals surface area (Å²) in [4.78, 5) is 0. The highest BCUT2D eigenvalue weighted by Gasteiger charge is 2.28. The lowest BCUT2D eigenvalue weighted by atomic mass is 9.85. The number of hydrogen-bond donors (Lipinski definition) is 2. The maximum Gasteiger partial charge on any atom is 0.161 e. The highest BCUT2D eigenvalue weighted by molar-refractivity contribution is 5.85. The molecule has 0 saturated heterocycles. The Morgan fingerprint density at radius 1 is 0.844 bits per heavy atom. The van der Waals surface area contributed by atoms with Crippen LogP contribution in [0.15, 0.2) is 72.8 Å². The molecule has 1 aliphatic carbocycles. The largest absolute Gasteiger partial charge is 0.493 e. The van der Waals surface area contributed by atoms with Crippen LogP contribution < -0.4 is 14.8 Å². The van der Waals surface area contributed by atoms with Crippen LogP contribution in [0.4, 0.5) is 0 Å². The molecule has 0 fully saturated rings. The first-order valence-electron chi connectivity index (χ1n) is 10.9. The zero-order valence-electron chi connectivity index (χ0n) is 18.7. The first-order valence-corrected chi connectivity index (χ1v) is 10.9. The van der Waals surface area contributed by atoms with Gasteiger partial charge in [-0.1, -0.05) is 60.7 Å². The Morgan fingerprint density at radius 3 is 1.84 bits per heavy atom. The average Bonchev–Trinajstić information content (AvgIpc) is 2.82. The predicted molar refractivity (Wildman–Crippen MR) is 131 cm³/mol. The number of aliphatic hydroxyl groups is 1. The lowest BCUT2D eigenvalue weighted by Gasteiger charge is -2.31. The topological polar surface area (TPSA) is 50.7 Å². The molecule has 4 nitrogen and oxygen atoms in total. The number of hydrogen-bond acceptors (Lipinski definition) is 4. The predicted octanol–water partition coefficient (Wildman–Crippen LogP) is 4.77. The number of fused-ring (bicyclic) bond motifs is 1. The maximum atomic E-state index is 10.8. The van der Waals surface area contributed by atoms with Gasteiger partial charge >= 0.3 is 0 Å². The minimum Gasteiger partial charge on any atom is -0.493 e. The second-order valence-corrected chi connectivity index (χ2v) is 8.17. The van der Waals surface area contributed by atoms with Crippen molar-refractivity contribution in [3.63, 3.8) is 0 Å². The fraction of sp³-hybridized carbons (Fsp3) is 0.333. The second kappa shape index (κ2) is 11.4. The number of benzene rings is 3. The van der Waals surface area contributed by atoms with E-state index in [1.165, 1.54) is 16.7 Å². The monoisotopic (exact) mass is 453 g/mol. The number of nitrogens with one attached hydrogen (secondary N) is 1. The van der Waals surface area contributed by atoms with Gasteiger partial charge in [-0.3, -0.25) is 0 Å². The molecule has 0 bridgehead atoms. The molecule has 170 valence electrons. The molecular formula is C27H32ClNO3. The quantitative estimate of drug-likeness (QED) is 0.516. The lowest BCUT2D eigenvalue weighted by Crippen LogP contribution is -2.46. The fourth-order valence-corrected chi connectivity index (χ4v) is 4.60. The van der Waals surface area contributed by atoms with Crippen LogP contribution in [0.2, 0.25) is 0 Å². The van der Waals surface area contributed by atoms with Crippen LogP contribution in [0.5, 0.6) is 11.5 Å². The summed E-state index contributed by atoms with van der Waals surface area (Å²) in [6, 6.07) is 25.4. The summed E-state index contributed by atoms with van der Waals surface area (Å²) in [5, 5.41) is 14.4. The van der Waals surface area contributed by atoms with Gasteiger partial charge in [0.25, 0.3) is 0 Å². The Balaban J connectivity index is 0.00000289. The Hall–Kier alpha value is -2.53. The smallest absolute Gasteiger partial charge is 0.161 e. The van der Waals surface area contributed by atoms with E-state index in [-0.39, 0.29) is 18.4 Å². The van der Waals surface area contributed by atoms with Crippen molar-refractivity contribution in [2.24, 2.45) is 0 Å². The van der Waals surface area contributed by atoms with E-state index in [2.05, 4.69) is 66.0 Å². The van der Waals surface area contributed by atoms with Gasteiger partial charge in [-0.25, -0.2) is 0 Å². The molecule has 0 aliphatic heterocycles. The first kappa shape index (κ1) is 24.1. The molecule has 5 heteroatoms. The van der Waals surface area contributed by atoms with Crippen molar-refractivity contribution in [1.82, 2.24) is 5.32 Å². The van der Waals surface area contributed by atoms with Crippen molar-refractivity contribution < 1.29 is 14.6 Å². The Kier molecular flexibility index (Phi) is 8.57. The Labute approximate surface area is 197 Å². The van der Waals surface area contributed by atoms with Gasteiger partial charge in [-0.15, -0.1) is 12.4 Å². The Bertz CT molecular complexity index is 941. The first-order chi connectivity index (χ1) is 15.2. The van der Waals surface area contributed by atoms with E-state index in [0.717, 1.165) is 30.7 Å². The summed E-state index contributed by atoms with van der Waals surface area (Å²) >= 11 is 0. The zero-order valence-corrected chi connectivity index (χ0v) is 19.5. The van der Waals surface area contributed by atoms with E-state index >= 15 is 0 Å². The summed E-state index contributed by atoms with van der Waals surface area (Å²) in [5.41, 5.74) is 4.99. The molecule has 0 spiro atoms. The summed E-state index contributed by atoms with van der Waals surface area (Å²) in [7, 11) is 3.30. The summed E-state index contributed by atoms with van der Waals surface area (Å²) in [6.45, 7) is 0.832. The van der Waals surface area contributed by atoms with Crippen LogP contribution >= 0.6 is 12.4 Å². The molecule has 0 amide bonds. The van der Waals surface area contributed by atoms with Crippen LogP contribution in [-0.2, 0) is 12.8 Å². The van der Waals surface area contributed by atoms with E-state index < -0.39 is 6.10 Å². The van der Waals surface area contributed by atoms with Gasteiger partial charge in [-0.2, -0.15) is 0 Å². The van der Waals surface area contributed by atoms with Gasteiger partial charge in [0.2, 0.25) is 0 Å². The maximum absolute atomic E-state index is 10.8. The molecule has 0 aromatic heterocycles. The fourth-order valence-electron chi connectivity index (χ4n) is 4.60. The molecule has 32 heavy (non-hydrogen) atoms. The van der Waals surface area contributed by atoms with E-state index in [4.69, 9.17) is 9.47 Å². The van der Waals surface area contributed by atoms with Crippen LogP contribution in [0.3, 0.4) is 0 Å². The summed E-state index contributed by atoms with van der Waals surface area (Å²) in [6.07, 6.45) is 1.94. The van der Waals surface area contributed by atoms with E-state index in [1.807, 2.05) is 12.1 Å². The van der Waals surface area contributed by atoms with Crippen LogP contribution in [0, 0.1) is 0 Å². The van der Waals surface area contributed by atoms with Gasteiger partial charge in [0.05, 0.1) is 20.3 Å². The zero-order chi connectivity index (χ0) is 21.6. The Morgan fingerprint density at radius 2 is 1.34 bits per heavy atom. The van der Waals surface area contributed by atoms with Crippen molar-refractivity contribution in [3.05, 3.63) is 95.1 Å². The molecule has 2 atom stereocenters. The molecular weight excluding hydrogens is 422 g/mol. The molecule has 3 aromatic rings. The van der Waals surface area contributed by atoms with Gasteiger partial charge in [0.15, 0.2) is 11.5 Å². The molecule has 0 radical (unpaired) electrons. The molecule has 1 aliphatic rings. The average molecular weight is 454 g/mol. The lowest BCUT2D eigenvalue weighted by molar-refractivity contribution is 0.119. The third kappa shape index (κ3) is 5.44. The third-order valence-electron chi connectivity index (χ3n) is 6.28. The van der Waals surface area contributed by atoms with Crippen LogP contribution in [-0.4, -0.2) is 38.0 Å². The molecule has 0 saturated carbocycles. The standard InChI is InChI=1S/C27H31NO3.ClH/c1-30-26-17-21-15-24(25(29)16-22(21)18-27(26)31-2)28-14-13-23(19-9-5-3-6-10-19)20-11-7-4-8-12-20;/h3-12,17-18,23-25,28-29H,13-16H2,1-2H3;1H/t24-,25-;/m0./s1. The number of methoxy groups -OCH3 is 2. The van der Waals surface area contributed by atoms with Gasteiger partial charge < -0.3 is 19.9 Å². The highest BCUT2D eigenvalue weighted by atomic mass is 35.5. The SMILES string of the molecule is COc1cc2c(cc1OC)C[C@H](O)[C@@H](NCCC(c1ccccc1)c1ccccc1)C2.Cl. The molecule has 0 unspecified atom stereocenters. The van der Waals surface area contributed by atoms with E-state index in [0.29, 0.717) is 18.1 Å². The van der Waals surface area contributed by atoms with Crippen molar-refractivity contribution >= 4 is 12.4 Å². The second-order valence-electron chi connectivity index (χ2n) is 8.17. The van der Waals surface area contributed by atoms with E-state index in [1.54, 1.807) is 14.2 Å². The molecule has 0 heterocycles. The summed E-state index contributed by atoms with van der Waals surface area (Å²) in [5.74, 6) is 1.78. The number of halogens is 1.